The SMILES string of the molecule is C=C(CBr)c1oc2ccccc2c1C. The lowest BCUT2D eigenvalue weighted by atomic mass is 10.1. The molecule has 0 atom stereocenters. The largest absolute Gasteiger partial charge is 0.456 e. The van der Waals surface area contributed by atoms with E-state index >= 15 is 0 Å². The molecule has 2 heteroatoms. The number of allylic oxidation sites excluding steroid dienone is 1. The average Bonchev–Trinajstić information content (AvgIpc) is 2.56. The highest BCUT2D eigenvalue weighted by Crippen LogP contribution is 2.29. The van der Waals surface area contributed by atoms with Crippen LogP contribution in [0.1, 0.15) is 11.3 Å². The van der Waals surface area contributed by atoms with Crippen molar-refractivity contribution in [2.24, 2.45) is 0 Å². The molecular weight excluding hydrogens is 240 g/mol. The van der Waals surface area contributed by atoms with Crippen LogP contribution in [-0.4, -0.2) is 5.33 Å². The summed E-state index contributed by atoms with van der Waals surface area (Å²) in [7, 11) is 0. The first kappa shape index (κ1) is 9.53. The number of halogens is 1. The Balaban J connectivity index is 2.68. The summed E-state index contributed by atoms with van der Waals surface area (Å²) >= 11 is 3.38. The monoisotopic (exact) mass is 250 g/mol. The summed E-state index contributed by atoms with van der Waals surface area (Å²) < 4.78 is 5.72. The van der Waals surface area contributed by atoms with Crippen LogP contribution in [0.5, 0.6) is 0 Å². The van der Waals surface area contributed by atoms with Crippen molar-refractivity contribution in [1.29, 1.82) is 0 Å². The van der Waals surface area contributed by atoms with Gasteiger partial charge in [-0.2, -0.15) is 0 Å². The average molecular weight is 251 g/mol. The molecule has 0 aliphatic heterocycles. The molecule has 0 radical (unpaired) electrons. The molecule has 0 saturated carbocycles. The number of para-hydroxylation sites is 1. The van der Waals surface area contributed by atoms with Crippen LogP contribution in [0.2, 0.25) is 0 Å². The maximum Gasteiger partial charge on any atom is 0.135 e. The summed E-state index contributed by atoms with van der Waals surface area (Å²) in [6.07, 6.45) is 0. The van der Waals surface area contributed by atoms with E-state index in [0.29, 0.717) is 0 Å². The van der Waals surface area contributed by atoms with Crippen LogP contribution in [0.4, 0.5) is 0 Å². The van der Waals surface area contributed by atoms with E-state index in [4.69, 9.17) is 4.42 Å². The predicted molar refractivity (Wildman–Crippen MR) is 63.8 cm³/mol. The van der Waals surface area contributed by atoms with Crippen LogP contribution in [0.15, 0.2) is 35.3 Å². The van der Waals surface area contributed by atoms with Gasteiger partial charge in [0, 0.05) is 16.3 Å². The summed E-state index contributed by atoms with van der Waals surface area (Å²) in [5.74, 6) is 0.906. The zero-order valence-electron chi connectivity index (χ0n) is 8.01. The van der Waals surface area contributed by atoms with Crippen molar-refractivity contribution in [3.63, 3.8) is 0 Å². The Morgan fingerprint density at radius 2 is 2.14 bits per heavy atom. The molecule has 14 heavy (non-hydrogen) atoms. The second-order valence-corrected chi connectivity index (χ2v) is 3.85. The molecule has 0 aliphatic carbocycles. The Bertz CT molecular complexity index is 482. The van der Waals surface area contributed by atoms with Crippen LogP contribution in [0, 0.1) is 6.92 Å². The molecule has 2 aromatic rings. The Kier molecular flexibility index (Phi) is 2.46. The number of furan rings is 1. The van der Waals surface area contributed by atoms with Gasteiger partial charge in [0.1, 0.15) is 11.3 Å². The Hall–Kier alpha value is -1.02. The van der Waals surface area contributed by atoms with Crippen molar-refractivity contribution in [3.05, 3.63) is 42.2 Å². The van der Waals surface area contributed by atoms with Crippen LogP contribution < -0.4 is 0 Å². The normalized spacial score (nSPS) is 10.7. The topological polar surface area (TPSA) is 13.1 Å². The first-order chi connectivity index (χ1) is 6.74. The molecule has 0 N–H and O–H groups in total. The summed E-state index contributed by atoms with van der Waals surface area (Å²) in [5, 5.41) is 1.91. The molecule has 0 aliphatic rings. The number of hydrogen-bond donors (Lipinski definition) is 0. The van der Waals surface area contributed by atoms with Gasteiger partial charge in [0.25, 0.3) is 0 Å². The molecule has 0 bridgehead atoms. The minimum Gasteiger partial charge on any atom is -0.456 e. The molecule has 1 aromatic heterocycles. The van der Waals surface area contributed by atoms with E-state index in [0.717, 1.165) is 22.2 Å². The van der Waals surface area contributed by atoms with Gasteiger partial charge < -0.3 is 4.42 Å². The lowest BCUT2D eigenvalue weighted by Gasteiger charge is -1.96. The smallest absolute Gasteiger partial charge is 0.135 e. The highest BCUT2D eigenvalue weighted by Gasteiger charge is 2.11. The maximum absolute atomic E-state index is 5.72. The Morgan fingerprint density at radius 3 is 2.79 bits per heavy atom. The first-order valence-electron chi connectivity index (χ1n) is 4.46. The van der Waals surface area contributed by atoms with Gasteiger partial charge >= 0.3 is 0 Å². The summed E-state index contributed by atoms with van der Waals surface area (Å²) in [6, 6.07) is 8.05. The molecule has 0 spiro atoms. The zero-order valence-corrected chi connectivity index (χ0v) is 9.60. The van der Waals surface area contributed by atoms with Crippen LogP contribution in [0.3, 0.4) is 0 Å². The van der Waals surface area contributed by atoms with E-state index in [1.54, 1.807) is 0 Å². The second kappa shape index (κ2) is 3.62. The number of aryl methyl sites for hydroxylation is 1. The lowest BCUT2D eigenvalue weighted by Crippen LogP contribution is -1.82. The minimum absolute atomic E-state index is 0.744. The second-order valence-electron chi connectivity index (χ2n) is 3.29. The highest BCUT2D eigenvalue weighted by molar-refractivity contribution is 9.09. The molecule has 0 amide bonds. The van der Waals surface area contributed by atoms with E-state index in [1.165, 1.54) is 10.9 Å². The number of alkyl halides is 1. The van der Waals surface area contributed by atoms with Crippen LogP contribution >= 0.6 is 15.9 Å². The number of rotatable bonds is 2. The molecule has 1 heterocycles. The first-order valence-corrected chi connectivity index (χ1v) is 5.58. The minimum atomic E-state index is 0.744. The molecule has 1 nitrogen and oxygen atoms in total. The Labute approximate surface area is 91.5 Å². The van der Waals surface area contributed by atoms with E-state index in [1.807, 2.05) is 18.2 Å². The van der Waals surface area contributed by atoms with E-state index in [9.17, 15) is 0 Å². The summed E-state index contributed by atoms with van der Waals surface area (Å²) in [5.41, 5.74) is 3.09. The zero-order chi connectivity index (χ0) is 10.1. The van der Waals surface area contributed by atoms with Gasteiger partial charge in [-0.25, -0.2) is 0 Å². The maximum atomic E-state index is 5.72. The van der Waals surface area contributed by atoms with Crippen molar-refractivity contribution in [3.8, 4) is 0 Å². The van der Waals surface area contributed by atoms with Crippen molar-refractivity contribution < 1.29 is 4.42 Å². The molecule has 72 valence electrons. The number of fused-ring (bicyclic) bond motifs is 1. The molecule has 0 saturated heterocycles. The summed E-state index contributed by atoms with van der Waals surface area (Å²) in [4.78, 5) is 0. The van der Waals surface area contributed by atoms with Gasteiger partial charge in [-0.15, -0.1) is 0 Å². The van der Waals surface area contributed by atoms with Gasteiger partial charge in [-0.05, 0) is 18.6 Å². The van der Waals surface area contributed by atoms with E-state index in [2.05, 4.69) is 35.5 Å². The van der Waals surface area contributed by atoms with Gasteiger partial charge in [0.2, 0.25) is 0 Å². The molecule has 0 unspecified atom stereocenters. The lowest BCUT2D eigenvalue weighted by molar-refractivity contribution is 0.597. The third kappa shape index (κ3) is 1.40. The summed E-state index contributed by atoms with van der Waals surface area (Å²) in [6.45, 7) is 6.02. The molecule has 1 aromatic carbocycles. The number of benzene rings is 1. The molecule has 0 fully saturated rings. The third-order valence-corrected chi connectivity index (χ3v) is 3.00. The van der Waals surface area contributed by atoms with Gasteiger partial charge in [0.15, 0.2) is 0 Å². The van der Waals surface area contributed by atoms with Crippen molar-refractivity contribution in [2.75, 3.05) is 5.33 Å². The highest BCUT2D eigenvalue weighted by atomic mass is 79.9. The van der Waals surface area contributed by atoms with Gasteiger partial charge in [-0.3, -0.25) is 0 Å². The quantitative estimate of drug-likeness (QED) is 0.731. The van der Waals surface area contributed by atoms with Crippen molar-refractivity contribution >= 4 is 32.5 Å². The number of hydrogen-bond acceptors (Lipinski definition) is 1. The molecule has 2 rings (SSSR count). The van der Waals surface area contributed by atoms with Gasteiger partial charge in [-0.1, -0.05) is 40.7 Å². The fourth-order valence-electron chi connectivity index (χ4n) is 1.57. The third-order valence-electron chi connectivity index (χ3n) is 2.33. The predicted octanol–water partition coefficient (Wildman–Crippen LogP) is 4.15. The van der Waals surface area contributed by atoms with Crippen molar-refractivity contribution in [1.82, 2.24) is 0 Å². The van der Waals surface area contributed by atoms with Crippen LogP contribution in [0.25, 0.3) is 16.5 Å². The fourth-order valence-corrected chi connectivity index (χ4v) is 1.83. The Morgan fingerprint density at radius 1 is 1.43 bits per heavy atom. The van der Waals surface area contributed by atoms with Gasteiger partial charge in [0.05, 0.1) is 0 Å². The van der Waals surface area contributed by atoms with E-state index < -0.39 is 0 Å². The van der Waals surface area contributed by atoms with Crippen LogP contribution in [-0.2, 0) is 0 Å². The fraction of sp³-hybridized carbons (Fsp3) is 0.167. The standard InChI is InChI=1S/C12H11BrO/c1-8(7-13)12-9(2)10-5-3-4-6-11(10)14-12/h3-6H,1,7H2,2H3. The van der Waals surface area contributed by atoms with E-state index in [-0.39, 0.29) is 0 Å². The molecular formula is C12H11BrO. The van der Waals surface area contributed by atoms with Crippen molar-refractivity contribution in [2.45, 2.75) is 6.92 Å².